The number of carbonyl (C=O) groups is 3. The molecule has 0 aromatic heterocycles. The van der Waals surface area contributed by atoms with Gasteiger partial charge in [0.2, 0.25) is 0 Å². The van der Waals surface area contributed by atoms with E-state index in [4.69, 9.17) is 4.74 Å². The second-order valence-corrected chi connectivity index (χ2v) is 6.29. The highest BCUT2D eigenvalue weighted by Crippen LogP contribution is 2.18. The average molecular weight is 323 g/mol. The van der Waals surface area contributed by atoms with Crippen molar-refractivity contribution in [1.29, 1.82) is 0 Å². The number of amides is 2. The van der Waals surface area contributed by atoms with Gasteiger partial charge in [-0.2, -0.15) is 0 Å². The van der Waals surface area contributed by atoms with Crippen molar-refractivity contribution >= 4 is 17.8 Å². The van der Waals surface area contributed by atoms with Gasteiger partial charge in [-0.3, -0.25) is 14.5 Å². The molecule has 0 saturated carbocycles. The molecule has 0 fully saturated rings. The van der Waals surface area contributed by atoms with Crippen molar-refractivity contribution in [2.75, 3.05) is 0 Å². The number of nitrogens with zero attached hydrogens (tertiary/aromatic N) is 1. The first kappa shape index (κ1) is 19.4. The van der Waals surface area contributed by atoms with E-state index in [9.17, 15) is 14.4 Å². The third-order valence-electron chi connectivity index (χ3n) is 3.86. The van der Waals surface area contributed by atoms with Crippen LogP contribution in [-0.2, 0) is 19.1 Å². The number of hydrogen-bond donors (Lipinski definition) is 0. The van der Waals surface area contributed by atoms with Crippen molar-refractivity contribution in [2.45, 2.75) is 84.3 Å². The fourth-order valence-corrected chi connectivity index (χ4v) is 2.68. The zero-order chi connectivity index (χ0) is 17.2. The highest BCUT2D eigenvalue weighted by atomic mass is 16.5. The minimum Gasteiger partial charge on any atom is -0.461 e. The number of unbranched alkanes of at least 4 members (excludes halogenated alkanes) is 6. The smallest absolute Gasteiger partial charge is 0.329 e. The van der Waals surface area contributed by atoms with Crippen molar-refractivity contribution in [3.8, 4) is 0 Å². The predicted molar refractivity (Wildman–Crippen MR) is 88.6 cm³/mol. The van der Waals surface area contributed by atoms with Crippen LogP contribution in [0.1, 0.15) is 72.1 Å². The number of carbonyl (C=O) groups excluding carboxylic acids is 3. The molecule has 2 amide bonds. The molecule has 1 aliphatic rings. The van der Waals surface area contributed by atoms with E-state index in [1.165, 1.54) is 37.8 Å². The summed E-state index contributed by atoms with van der Waals surface area (Å²) in [5.41, 5.74) is 0. The predicted octanol–water partition coefficient (Wildman–Crippen LogP) is 3.37. The van der Waals surface area contributed by atoms with Crippen molar-refractivity contribution < 1.29 is 19.1 Å². The quantitative estimate of drug-likeness (QED) is 0.332. The van der Waals surface area contributed by atoms with Crippen LogP contribution in [0.3, 0.4) is 0 Å². The van der Waals surface area contributed by atoms with Gasteiger partial charge in [-0.1, -0.05) is 51.9 Å². The Balaban J connectivity index is 2.50. The Kier molecular flexibility index (Phi) is 8.59. The molecule has 0 aromatic carbocycles. The summed E-state index contributed by atoms with van der Waals surface area (Å²) in [7, 11) is 0. The van der Waals surface area contributed by atoms with E-state index in [-0.39, 0.29) is 6.10 Å². The van der Waals surface area contributed by atoms with E-state index < -0.39 is 23.8 Å². The van der Waals surface area contributed by atoms with Crippen molar-refractivity contribution in [2.24, 2.45) is 0 Å². The zero-order valence-corrected chi connectivity index (χ0v) is 14.5. The topological polar surface area (TPSA) is 63.7 Å². The number of hydrogen-bond acceptors (Lipinski definition) is 4. The standard InChI is InChI=1S/C18H29NO4/c1-4-5-6-7-8-9-10-11-15(18(22)23-14(2)3)19-16(20)12-13-17(19)21/h12-15H,4-11H2,1-3H3. The molecule has 0 saturated heterocycles. The Morgan fingerprint density at radius 3 is 2.04 bits per heavy atom. The van der Waals surface area contributed by atoms with Gasteiger partial charge in [0.25, 0.3) is 11.8 Å². The SMILES string of the molecule is CCCCCCCCCC(C(=O)OC(C)C)N1C(=O)C=CC1=O. The number of rotatable bonds is 11. The molecule has 0 aromatic rings. The molecule has 5 nitrogen and oxygen atoms in total. The van der Waals surface area contributed by atoms with Crippen molar-refractivity contribution in [3.63, 3.8) is 0 Å². The fraction of sp³-hybridized carbons (Fsp3) is 0.722. The first-order valence-corrected chi connectivity index (χ1v) is 8.73. The Hall–Kier alpha value is -1.65. The van der Waals surface area contributed by atoms with Crippen molar-refractivity contribution in [3.05, 3.63) is 12.2 Å². The number of imide groups is 1. The Morgan fingerprint density at radius 1 is 1.00 bits per heavy atom. The maximum atomic E-state index is 12.2. The van der Waals surface area contributed by atoms with Gasteiger partial charge in [-0.25, -0.2) is 4.79 Å². The molecule has 0 bridgehead atoms. The van der Waals surface area contributed by atoms with E-state index in [0.29, 0.717) is 6.42 Å². The van der Waals surface area contributed by atoms with Gasteiger partial charge < -0.3 is 4.74 Å². The van der Waals surface area contributed by atoms with E-state index in [2.05, 4.69) is 6.92 Å². The monoisotopic (exact) mass is 323 g/mol. The summed E-state index contributed by atoms with van der Waals surface area (Å²) < 4.78 is 5.22. The second kappa shape index (κ2) is 10.2. The van der Waals surface area contributed by atoms with E-state index in [1.54, 1.807) is 13.8 Å². The second-order valence-electron chi connectivity index (χ2n) is 6.29. The zero-order valence-electron chi connectivity index (χ0n) is 14.5. The molecule has 1 unspecified atom stereocenters. The average Bonchev–Trinajstić information content (AvgIpc) is 2.81. The molecule has 130 valence electrons. The van der Waals surface area contributed by atoms with Crippen LogP contribution in [0.2, 0.25) is 0 Å². The van der Waals surface area contributed by atoms with Crippen LogP contribution in [0.4, 0.5) is 0 Å². The minimum absolute atomic E-state index is 0.264. The lowest BCUT2D eigenvalue weighted by Gasteiger charge is -2.25. The lowest BCUT2D eigenvalue weighted by molar-refractivity contribution is -0.160. The molecule has 0 radical (unpaired) electrons. The van der Waals surface area contributed by atoms with Crippen LogP contribution < -0.4 is 0 Å². The molecule has 5 heteroatoms. The van der Waals surface area contributed by atoms with Gasteiger partial charge in [0.15, 0.2) is 0 Å². The molecule has 0 aliphatic carbocycles. The summed E-state index contributed by atoms with van der Waals surface area (Å²) in [5, 5.41) is 0. The minimum atomic E-state index is -0.803. The first-order valence-electron chi connectivity index (χ1n) is 8.73. The molecule has 0 N–H and O–H groups in total. The third kappa shape index (κ3) is 6.55. The van der Waals surface area contributed by atoms with Gasteiger partial charge in [-0.05, 0) is 20.3 Å². The van der Waals surface area contributed by atoms with Crippen LogP contribution in [0.15, 0.2) is 12.2 Å². The number of ether oxygens (including phenoxy) is 1. The molecular weight excluding hydrogens is 294 g/mol. The maximum absolute atomic E-state index is 12.2. The van der Waals surface area contributed by atoms with Gasteiger partial charge in [0.1, 0.15) is 6.04 Å². The Labute approximate surface area is 139 Å². The highest BCUT2D eigenvalue weighted by molar-refractivity contribution is 6.14. The van der Waals surface area contributed by atoms with Crippen LogP contribution in [0.25, 0.3) is 0 Å². The summed E-state index contributed by atoms with van der Waals surface area (Å²) in [6.45, 7) is 5.70. The van der Waals surface area contributed by atoms with E-state index in [0.717, 1.165) is 24.2 Å². The Bertz CT molecular complexity index is 424. The normalized spacial score (nSPS) is 15.6. The van der Waals surface area contributed by atoms with Gasteiger partial charge in [0.05, 0.1) is 6.10 Å². The summed E-state index contributed by atoms with van der Waals surface area (Å²) in [6, 6.07) is -0.803. The summed E-state index contributed by atoms with van der Waals surface area (Å²) >= 11 is 0. The van der Waals surface area contributed by atoms with Crippen LogP contribution in [0, 0.1) is 0 Å². The van der Waals surface area contributed by atoms with Gasteiger partial charge in [-0.15, -0.1) is 0 Å². The third-order valence-corrected chi connectivity index (χ3v) is 3.86. The van der Waals surface area contributed by atoms with Crippen LogP contribution in [-0.4, -0.2) is 34.8 Å². The van der Waals surface area contributed by atoms with Crippen LogP contribution in [0.5, 0.6) is 0 Å². The molecule has 23 heavy (non-hydrogen) atoms. The van der Waals surface area contributed by atoms with Gasteiger partial charge >= 0.3 is 5.97 Å². The summed E-state index contributed by atoms with van der Waals surface area (Å²) in [4.78, 5) is 36.9. The lowest BCUT2D eigenvalue weighted by atomic mass is 10.0. The van der Waals surface area contributed by atoms with Crippen molar-refractivity contribution in [1.82, 2.24) is 4.90 Å². The largest absolute Gasteiger partial charge is 0.461 e. The molecule has 1 atom stereocenters. The van der Waals surface area contributed by atoms with Gasteiger partial charge in [0, 0.05) is 12.2 Å². The Morgan fingerprint density at radius 2 is 1.52 bits per heavy atom. The summed E-state index contributed by atoms with van der Waals surface area (Å²) in [5.74, 6) is -1.34. The first-order chi connectivity index (χ1) is 11.0. The maximum Gasteiger partial charge on any atom is 0.329 e. The molecule has 1 rings (SSSR count). The van der Waals surface area contributed by atoms with E-state index in [1.807, 2.05) is 0 Å². The summed E-state index contributed by atoms with van der Waals surface area (Å²) in [6.07, 6.45) is 10.5. The molecule has 1 aliphatic heterocycles. The van der Waals surface area contributed by atoms with E-state index >= 15 is 0 Å². The molecule has 1 heterocycles. The number of esters is 1. The molecular formula is C18H29NO4. The fourth-order valence-electron chi connectivity index (χ4n) is 2.68. The lowest BCUT2D eigenvalue weighted by Crippen LogP contribution is -2.46. The van der Waals surface area contributed by atoms with Crippen LogP contribution >= 0.6 is 0 Å². The highest BCUT2D eigenvalue weighted by Gasteiger charge is 2.36. The molecule has 0 spiro atoms.